The molecular formula is C15H16N2O4. The van der Waals surface area contributed by atoms with Gasteiger partial charge in [0, 0.05) is 18.8 Å². The summed E-state index contributed by atoms with van der Waals surface area (Å²) in [4.78, 5) is 23.9. The lowest BCUT2D eigenvalue weighted by Crippen LogP contribution is -2.21. The predicted octanol–water partition coefficient (Wildman–Crippen LogP) is 1.65. The van der Waals surface area contributed by atoms with E-state index in [4.69, 9.17) is 9.47 Å². The number of ether oxygens (including phenoxy) is 2. The molecule has 0 spiro atoms. The van der Waals surface area contributed by atoms with Gasteiger partial charge in [-0.1, -0.05) is 0 Å². The monoisotopic (exact) mass is 288 g/mol. The number of benzene rings is 1. The second-order valence-corrected chi connectivity index (χ2v) is 4.38. The third kappa shape index (κ3) is 3.22. The van der Waals surface area contributed by atoms with Gasteiger partial charge in [-0.05, 0) is 24.3 Å². The molecule has 0 fully saturated rings. The summed E-state index contributed by atoms with van der Waals surface area (Å²) in [6, 6.07) is 8.17. The number of methoxy groups -OCH3 is 2. The second kappa shape index (κ2) is 6.13. The minimum Gasteiger partial charge on any atom is -0.497 e. The lowest BCUT2D eigenvalue weighted by atomic mass is 10.2. The van der Waals surface area contributed by atoms with Crippen LogP contribution in [0.4, 0.5) is 5.69 Å². The van der Waals surface area contributed by atoms with Crippen LogP contribution in [0.5, 0.6) is 11.5 Å². The zero-order valence-electron chi connectivity index (χ0n) is 12.0. The SMILES string of the molecule is COc1ccc(NC(=O)c2cc(=O)c(OC)cn2C)cc1. The molecule has 110 valence electrons. The van der Waals surface area contributed by atoms with Gasteiger partial charge in [-0.2, -0.15) is 0 Å². The molecule has 6 heteroatoms. The molecule has 1 N–H and O–H groups in total. The fourth-order valence-electron chi connectivity index (χ4n) is 1.85. The summed E-state index contributed by atoms with van der Waals surface area (Å²) in [6.07, 6.45) is 1.48. The Bertz CT molecular complexity index is 705. The Morgan fingerprint density at radius 3 is 2.38 bits per heavy atom. The van der Waals surface area contributed by atoms with Crippen LogP contribution < -0.4 is 20.2 Å². The molecule has 0 aliphatic heterocycles. The first-order chi connectivity index (χ1) is 10.0. The zero-order chi connectivity index (χ0) is 15.4. The summed E-state index contributed by atoms with van der Waals surface area (Å²) in [5, 5.41) is 2.72. The normalized spacial score (nSPS) is 10.0. The van der Waals surface area contributed by atoms with E-state index in [0.717, 1.165) is 0 Å². The first-order valence-electron chi connectivity index (χ1n) is 6.25. The van der Waals surface area contributed by atoms with Crippen molar-refractivity contribution < 1.29 is 14.3 Å². The number of pyridine rings is 1. The number of amides is 1. The number of aryl methyl sites for hydroxylation is 1. The Kier molecular flexibility index (Phi) is 4.27. The van der Waals surface area contributed by atoms with Crippen molar-refractivity contribution >= 4 is 11.6 Å². The molecule has 0 radical (unpaired) electrons. The lowest BCUT2D eigenvalue weighted by molar-refractivity contribution is 0.101. The Labute approximate surface area is 121 Å². The number of hydrogen-bond acceptors (Lipinski definition) is 4. The molecule has 0 saturated heterocycles. The van der Waals surface area contributed by atoms with E-state index in [1.807, 2.05) is 0 Å². The quantitative estimate of drug-likeness (QED) is 0.929. The molecule has 2 aromatic rings. The Morgan fingerprint density at radius 1 is 1.14 bits per heavy atom. The summed E-state index contributed by atoms with van der Waals surface area (Å²) < 4.78 is 11.5. The summed E-state index contributed by atoms with van der Waals surface area (Å²) in [6.45, 7) is 0. The van der Waals surface area contributed by atoms with Gasteiger partial charge in [-0.25, -0.2) is 0 Å². The van der Waals surface area contributed by atoms with Crippen LogP contribution in [0.25, 0.3) is 0 Å². The van der Waals surface area contributed by atoms with Gasteiger partial charge in [-0.3, -0.25) is 9.59 Å². The molecule has 6 nitrogen and oxygen atoms in total. The van der Waals surface area contributed by atoms with E-state index in [0.29, 0.717) is 11.4 Å². The first kappa shape index (κ1) is 14.6. The number of nitrogens with zero attached hydrogens (tertiary/aromatic N) is 1. The van der Waals surface area contributed by atoms with E-state index in [9.17, 15) is 9.59 Å². The second-order valence-electron chi connectivity index (χ2n) is 4.38. The van der Waals surface area contributed by atoms with Gasteiger partial charge in [0.2, 0.25) is 5.43 Å². The minimum absolute atomic E-state index is 0.193. The molecule has 1 heterocycles. The van der Waals surface area contributed by atoms with E-state index in [-0.39, 0.29) is 22.8 Å². The molecule has 0 saturated carbocycles. The van der Waals surface area contributed by atoms with Crippen LogP contribution in [0.3, 0.4) is 0 Å². The average molecular weight is 288 g/mol. The topological polar surface area (TPSA) is 69.6 Å². The molecule has 21 heavy (non-hydrogen) atoms. The molecule has 1 amide bonds. The smallest absolute Gasteiger partial charge is 0.272 e. The summed E-state index contributed by atoms with van der Waals surface area (Å²) >= 11 is 0. The number of carbonyl (C=O) groups is 1. The van der Waals surface area contributed by atoms with Gasteiger partial charge in [0.1, 0.15) is 11.4 Å². The highest BCUT2D eigenvalue weighted by Gasteiger charge is 2.12. The summed E-state index contributed by atoms with van der Waals surface area (Å²) in [5.74, 6) is 0.519. The highest BCUT2D eigenvalue weighted by molar-refractivity contribution is 6.03. The van der Waals surface area contributed by atoms with E-state index >= 15 is 0 Å². The van der Waals surface area contributed by atoms with Crippen LogP contribution in [0.1, 0.15) is 10.5 Å². The highest BCUT2D eigenvalue weighted by Crippen LogP contribution is 2.16. The maximum absolute atomic E-state index is 12.2. The van der Waals surface area contributed by atoms with Crippen LogP contribution >= 0.6 is 0 Å². The van der Waals surface area contributed by atoms with Crippen molar-refractivity contribution in [3.05, 3.63) is 52.4 Å². The molecule has 0 atom stereocenters. The van der Waals surface area contributed by atoms with Crippen LogP contribution in [0.2, 0.25) is 0 Å². The van der Waals surface area contributed by atoms with Crippen LogP contribution in [0.15, 0.2) is 41.3 Å². The van der Waals surface area contributed by atoms with Gasteiger partial charge >= 0.3 is 0 Å². The van der Waals surface area contributed by atoms with Crippen molar-refractivity contribution in [1.82, 2.24) is 4.57 Å². The number of anilines is 1. The van der Waals surface area contributed by atoms with E-state index in [1.165, 1.54) is 19.4 Å². The maximum atomic E-state index is 12.2. The minimum atomic E-state index is -0.373. The Balaban J connectivity index is 2.23. The third-order valence-corrected chi connectivity index (χ3v) is 3.00. The average Bonchev–Trinajstić information content (AvgIpc) is 2.49. The molecule has 0 bridgehead atoms. The zero-order valence-corrected chi connectivity index (χ0v) is 12.0. The molecule has 0 unspecified atom stereocenters. The fourth-order valence-corrected chi connectivity index (χ4v) is 1.85. The van der Waals surface area contributed by atoms with E-state index < -0.39 is 0 Å². The molecule has 1 aromatic carbocycles. The predicted molar refractivity (Wildman–Crippen MR) is 79.2 cm³/mol. The Morgan fingerprint density at radius 2 is 1.81 bits per heavy atom. The van der Waals surface area contributed by atoms with Crippen molar-refractivity contribution in [2.75, 3.05) is 19.5 Å². The molecular weight excluding hydrogens is 272 g/mol. The number of carbonyl (C=O) groups excluding carboxylic acids is 1. The molecule has 2 rings (SSSR count). The maximum Gasteiger partial charge on any atom is 0.272 e. The molecule has 0 aliphatic carbocycles. The van der Waals surface area contributed by atoms with E-state index in [1.54, 1.807) is 43.0 Å². The van der Waals surface area contributed by atoms with Gasteiger partial charge in [-0.15, -0.1) is 0 Å². The number of nitrogens with one attached hydrogen (secondary N) is 1. The third-order valence-electron chi connectivity index (χ3n) is 3.00. The van der Waals surface area contributed by atoms with E-state index in [2.05, 4.69) is 5.32 Å². The van der Waals surface area contributed by atoms with Crippen LogP contribution in [-0.2, 0) is 7.05 Å². The Hall–Kier alpha value is -2.76. The lowest BCUT2D eigenvalue weighted by Gasteiger charge is -2.11. The number of aromatic nitrogens is 1. The summed E-state index contributed by atoms with van der Waals surface area (Å²) in [7, 11) is 4.65. The van der Waals surface area contributed by atoms with Gasteiger partial charge in [0.25, 0.3) is 5.91 Å². The van der Waals surface area contributed by atoms with Crippen LogP contribution in [-0.4, -0.2) is 24.7 Å². The van der Waals surface area contributed by atoms with Gasteiger partial charge < -0.3 is 19.4 Å². The molecule has 1 aromatic heterocycles. The van der Waals surface area contributed by atoms with Crippen molar-refractivity contribution in [3.63, 3.8) is 0 Å². The van der Waals surface area contributed by atoms with Crippen molar-refractivity contribution in [3.8, 4) is 11.5 Å². The fraction of sp³-hybridized carbons (Fsp3) is 0.200. The largest absolute Gasteiger partial charge is 0.497 e. The van der Waals surface area contributed by atoms with Crippen molar-refractivity contribution in [2.45, 2.75) is 0 Å². The van der Waals surface area contributed by atoms with Gasteiger partial charge in [0.15, 0.2) is 5.75 Å². The van der Waals surface area contributed by atoms with Crippen molar-refractivity contribution in [1.29, 1.82) is 0 Å². The van der Waals surface area contributed by atoms with Gasteiger partial charge in [0.05, 0.1) is 20.4 Å². The first-order valence-corrected chi connectivity index (χ1v) is 6.25. The van der Waals surface area contributed by atoms with Crippen molar-refractivity contribution in [2.24, 2.45) is 7.05 Å². The van der Waals surface area contributed by atoms with Crippen LogP contribution in [0, 0.1) is 0 Å². The summed E-state index contributed by atoms with van der Waals surface area (Å²) in [5.41, 5.74) is 0.524. The molecule has 0 aliphatic rings. The highest BCUT2D eigenvalue weighted by atomic mass is 16.5. The number of hydrogen-bond donors (Lipinski definition) is 1. The standard InChI is InChI=1S/C15H16N2O4/c1-17-9-14(21-3)13(18)8-12(17)15(19)16-10-4-6-11(20-2)7-5-10/h4-9H,1-3H3,(H,16,19). The number of rotatable bonds is 4.